The van der Waals surface area contributed by atoms with E-state index in [4.69, 9.17) is 0 Å². The molecule has 2 nitrogen and oxygen atoms in total. The van der Waals surface area contributed by atoms with Crippen molar-refractivity contribution in [1.29, 1.82) is 0 Å². The average Bonchev–Trinajstić information content (AvgIpc) is 2.46. The van der Waals surface area contributed by atoms with E-state index in [9.17, 15) is 4.79 Å². The SMILES string of the molecule is O=CC12CCC(CC1)N2. The van der Waals surface area contributed by atoms with Crippen molar-refractivity contribution in [3.63, 3.8) is 0 Å². The summed E-state index contributed by atoms with van der Waals surface area (Å²) in [4.78, 5) is 10.5. The monoisotopic (exact) mass is 125 g/mol. The van der Waals surface area contributed by atoms with Gasteiger partial charge in [-0.1, -0.05) is 0 Å². The van der Waals surface area contributed by atoms with Crippen LogP contribution in [-0.4, -0.2) is 17.9 Å². The fraction of sp³-hybridized carbons (Fsp3) is 0.857. The van der Waals surface area contributed by atoms with Crippen LogP contribution in [0.4, 0.5) is 0 Å². The molecule has 0 spiro atoms. The summed E-state index contributed by atoms with van der Waals surface area (Å²) in [5.41, 5.74) is -0.0787. The molecule has 0 aliphatic carbocycles. The van der Waals surface area contributed by atoms with Gasteiger partial charge < -0.3 is 10.1 Å². The summed E-state index contributed by atoms with van der Waals surface area (Å²) in [7, 11) is 0. The molecule has 2 heterocycles. The van der Waals surface area contributed by atoms with Crippen molar-refractivity contribution in [3.8, 4) is 0 Å². The zero-order chi connectivity index (χ0) is 6.32. The lowest BCUT2D eigenvalue weighted by Crippen LogP contribution is -2.37. The van der Waals surface area contributed by atoms with Crippen LogP contribution >= 0.6 is 0 Å². The van der Waals surface area contributed by atoms with E-state index in [-0.39, 0.29) is 5.54 Å². The quantitative estimate of drug-likeness (QED) is 0.516. The number of fused-ring (bicyclic) bond motifs is 2. The van der Waals surface area contributed by atoms with Gasteiger partial charge in [-0.25, -0.2) is 0 Å². The molecule has 2 aliphatic rings. The first-order chi connectivity index (χ1) is 4.35. The fourth-order valence-electron chi connectivity index (χ4n) is 1.98. The van der Waals surface area contributed by atoms with Crippen LogP contribution in [0.1, 0.15) is 25.7 Å². The molecule has 0 atom stereocenters. The van der Waals surface area contributed by atoms with Gasteiger partial charge in [0, 0.05) is 6.04 Å². The van der Waals surface area contributed by atoms with Gasteiger partial charge in [-0.2, -0.15) is 0 Å². The summed E-state index contributed by atoms with van der Waals surface area (Å²) >= 11 is 0. The van der Waals surface area contributed by atoms with Crippen molar-refractivity contribution in [2.75, 3.05) is 0 Å². The van der Waals surface area contributed by atoms with Gasteiger partial charge in [-0.05, 0) is 25.7 Å². The summed E-state index contributed by atoms with van der Waals surface area (Å²) in [6.07, 6.45) is 5.65. The third kappa shape index (κ3) is 0.628. The number of carbonyl (C=O) groups is 1. The third-order valence-corrected chi connectivity index (χ3v) is 2.60. The molecule has 2 fully saturated rings. The van der Waals surface area contributed by atoms with Gasteiger partial charge in [0.25, 0.3) is 0 Å². The molecule has 2 rings (SSSR count). The molecule has 0 unspecified atom stereocenters. The molecule has 0 aromatic heterocycles. The second kappa shape index (κ2) is 1.57. The van der Waals surface area contributed by atoms with Crippen LogP contribution in [0, 0.1) is 0 Å². The molecule has 1 N–H and O–H groups in total. The van der Waals surface area contributed by atoms with Crippen LogP contribution in [0.25, 0.3) is 0 Å². The van der Waals surface area contributed by atoms with Crippen molar-refractivity contribution >= 4 is 6.29 Å². The van der Waals surface area contributed by atoms with Crippen molar-refractivity contribution in [3.05, 3.63) is 0 Å². The second-order valence-electron chi connectivity index (χ2n) is 3.19. The van der Waals surface area contributed by atoms with E-state index in [1.54, 1.807) is 0 Å². The summed E-state index contributed by atoms with van der Waals surface area (Å²) in [6.45, 7) is 0. The minimum atomic E-state index is -0.0787. The van der Waals surface area contributed by atoms with Crippen molar-refractivity contribution < 1.29 is 4.79 Å². The normalized spacial score (nSPS) is 47.8. The fourth-order valence-corrected chi connectivity index (χ4v) is 1.98. The molecule has 9 heavy (non-hydrogen) atoms. The topological polar surface area (TPSA) is 29.1 Å². The second-order valence-corrected chi connectivity index (χ2v) is 3.19. The Labute approximate surface area is 54.6 Å². The van der Waals surface area contributed by atoms with Crippen molar-refractivity contribution in [2.45, 2.75) is 37.3 Å². The van der Waals surface area contributed by atoms with Crippen LogP contribution in [-0.2, 0) is 4.79 Å². The number of hydrogen-bond donors (Lipinski definition) is 1. The Morgan fingerprint density at radius 1 is 1.44 bits per heavy atom. The van der Waals surface area contributed by atoms with Gasteiger partial charge in [-0.3, -0.25) is 0 Å². The predicted molar refractivity (Wildman–Crippen MR) is 34.2 cm³/mol. The van der Waals surface area contributed by atoms with E-state index in [0.29, 0.717) is 6.04 Å². The molecule has 0 radical (unpaired) electrons. The Kier molecular flexibility index (Phi) is 0.943. The van der Waals surface area contributed by atoms with E-state index >= 15 is 0 Å². The maximum Gasteiger partial charge on any atom is 0.140 e. The highest BCUT2D eigenvalue weighted by molar-refractivity contribution is 5.66. The molecular formula is C7H11NO. The van der Waals surface area contributed by atoms with Gasteiger partial charge >= 0.3 is 0 Å². The minimum absolute atomic E-state index is 0.0787. The van der Waals surface area contributed by atoms with Gasteiger partial charge in [0.15, 0.2) is 0 Å². The number of rotatable bonds is 1. The maximum atomic E-state index is 10.5. The Morgan fingerprint density at radius 2 is 2.11 bits per heavy atom. The van der Waals surface area contributed by atoms with E-state index in [0.717, 1.165) is 19.1 Å². The van der Waals surface area contributed by atoms with Crippen LogP contribution in [0.5, 0.6) is 0 Å². The molecule has 50 valence electrons. The van der Waals surface area contributed by atoms with Crippen LogP contribution < -0.4 is 5.32 Å². The first-order valence-corrected chi connectivity index (χ1v) is 3.59. The zero-order valence-corrected chi connectivity index (χ0v) is 5.39. The lowest BCUT2D eigenvalue weighted by atomic mass is 9.90. The Hall–Kier alpha value is -0.370. The van der Waals surface area contributed by atoms with E-state index in [1.165, 1.54) is 12.8 Å². The Bertz CT molecular complexity index is 136. The summed E-state index contributed by atoms with van der Waals surface area (Å²) < 4.78 is 0. The third-order valence-electron chi connectivity index (χ3n) is 2.60. The number of carbonyl (C=O) groups excluding carboxylic acids is 1. The lowest BCUT2D eigenvalue weighted by Gasteiger charge is -2.16. The summed E-state index contributed by atoms with van der Waals surface area (Å²) in [6, 6.07) is 0.662. The molecular weight excluding hydrogens is 114 g/mol. The highest BCUT2D eigenvalue weighted by Crippen LogP contribution is 2.35. The molecule has 2 bridgehead atoms. The minimum Gasteiger partial charge on any atom is -0.302 e. The lowest BCUT2D eigenvalue weighted by molar-refractivity contribution is -0.112. The molecule has 0 aromatic rings. The first-order valence-electron chi connectivity index (χ1n) is 3.59. The van der Waals surface area contributed by atoms with Gasteiger partial charge in [0.05, 0.1) is 5.54 Å². The molecule has 0 amide bonds. The van der Waals surface area contributed by atoms with E-state index in [2.05, 4.69) is 5.32 Å². The largest absolute Gasteiger partial charge is 0.302 e. The highest BCUT2D eigenvalue weighted by atomic mass is 16.1. The first kappa shape index (κ1) is 5.42. The predicted octanol–water partition coefficient (Wildman–Crippen LogP) is 0.470. The van der Waals surface area contributed by atoms with Crippen LogP contribution in [0.2, 0.25) is 0 Å². The Balaban J connectivity index is 2.21. The molecule has 0 aromatic carbocycles. The van der Waals surface area contributed by atoms with Crippen molar-refractivity contribution in [1.82, 2.24) is 5.32 Å². The van der Waals surface area contributed by atoms with Crippen molar-refractivity contribution in [2.24, 2.45) is 0 Å². The summed E-state index contributed by atoms with van der Waals surface area (Å²) in [5, 5.41) is 3.32. The highest BCUT2D eigenvalue weighted by Gasteiger charge is 2.43. The number of aldehydes is 1. The number of hydrogen-bond acceptors (Lipinski definition) is 2. The number of nitrogens with one attached hydrogen (secondary N) is 1. The molecule has 0 saturated carbocycles. The van der Waals surface area contributed by atoms with Gasteiger partial charge in [0.2, 0.25) is 0 Å². The molecule has 2 aliphatic heterocycles. The average molecular weight is 125 g/mol. The maximum absolute atomic E-state index is 10.5. The van der Waals surface area contributed by atoms with Gasteiger partial charge in [-0.15, -0.1) is 0 Å². The van der Waals surface area contributed by atoms with Crippen LogP contribution in [0.15, 0.2) is 0 Å². The van der Waals surface area contributed by atoms with Crippen LogP contribution in [0.3, 0.4) is 0 Å². The molecule has 2 saturated heterocycles. The Morgan fingerprint density at radius 3 is 2.33 bits per heavy atom. The summed E-state index contributed by atoms with van der Waals surface area (Å²) in [5.74, 6) is 0. The van der Waals surface area contributed by atoms with Gasteiger partial charge in [0.1, 0.15) is 6.29 Å². The van der Waals surface area contributed by atoms with E-state index in [1.807, 2.05) is 0 Å². The van der Waals surface area contributed by atoms with E-state index < -0.39 is 0 Å². The smallest absolute Gasteiger partial charge is 0.140 e. The molecule has 2 heteroatoms. The zero-order valence-electron chi connectivity index (χ0n) is 5.39. The standard InChI is InChI=1S/C7H11NO/c9-5-7-3-1-6(8-7)2-4-7/h5-6,8H,1-4H2.